The number of nitrogens with zero attached hydrogens (tertiary/aromatic N) is 3. The van der Waals surface area contributed by atoms with E-state index >= 15 is 0 Å². The van der Waals surface area contributed by atoms with Gasteiger partial charge in [0.1, 0.15) is 5.92 Å². The highest BCUT2D eigenvalue weighted by molar-refractivity contribution is 8.03. The summed E-state index contributed by atoms with van der Waals surface area (Å²) in [5.41, 5.74) is -0.498. The zero-order chi connectivity index (χ0) is 17.0. The zero-order valence-electron chi connectivity index (χ0n) is 13.4. The summed E-state index contributed by atoms with van der Waals surface area (Å²) in [4.78, 5) is 26.1. The van der Waals surface area contributed by atoms with Gasteiger partial charge in [-0.1, -0.05) is 25.6 Å². The Morgan fingerprint density at radius 2 is 2.00 bits per heavy atom. The molecule has 2 aliphatic heterocycles. The molecule has 0 bridgehead atoms. The number of rotatable bonds is 3. The van der Waals surface area contributed by atoms with Crippen molar-refractivity contribution in [2.24, 2.45) is 11.3 Å². The van der Waals surface area contributed by atoms with Gasteiger partial charge in [-0.2, -0.15) is 10.5 Å². The van der Waals surface area contributed by atoms with Crippen LogP contribution in [0.3, 0.4) is 0 Å². The minimum Gasteiger partial charge on any atom is -0.342 e. The van der Waals surface area contributed by atoms with Crippen LogP contribution in [-0.4, -0.2) is 35.6 Å². The van der Waals surface area contributed by atoms with Gasteiger partial charge in [-0.3, -0.25) is 9.59 Å². The maximum Gasteiger partial charge on any atom is 0.243 e. The van der Waals surface area contributed by atoms with Crippen LogP contribution in [0.15, 0.2) is 10.6 Å². The first-order valence-electron chi connectivity index (χ1n) is 7.67. The summed E-state index contributed by atoms with van der Waals surface area (Å²) < 4.78 is 0. The lowest BCUT2D eigenvalue weighted by molar-refractivity contribution is -0.129. The minimum atomic E-state index is -0.903. The number of nitriles is 2. The number of amides is 2. The highest BCUT2D eigenvalue weighted by Gasteiger charge is 2.44. The molecule has 7 heteroatoms. The van der Waals surface area contributed by atoms with Crippen LogP contribution >= 0.6 is 11.8 Å². The van der Waals surface area contributed by atoms with Crippen molar-refractivity contribution in [2.75, 3.05) is 18.8 Å². The fourth-order valence-corrected chi connectivity index (χ4v) is 3.98. The summed E-state index contributed by atoms with van der Waals surface area (Å²) in [7, 11) is 0. The second-order valence-corrected chi connectivity index (χ2v) is 7.30. The molecule has 0 aliphatic carbocycles. The summed E-state index contributed by atoms with van der Waals surface area (Å²) in [6, 6.07) is 4.06. The molecule has 2 heterocycles. The second kappa shape index (κ2) is 7.06. The molecule has 23 heavy (non-hydrogen) atoms. The first-order chi connectivity index (χ1) is 10.9. The Balaban J connectivity index is 2.13. The largest absolute Gasteiger partial charge is 0.342 e. The number of nitrogens with one attached hydrogen (secondary N) is 1. The lowest BCUT2D eigenvalue weighted by atomic mass is 9.72. The van der Waals surface area contributed by atoms with Crippen molar-refractivity contribution in [2.45, 2.75) is 33.1 Å². The summed E-state index contributed by atoms with van der Waals surface area (Å²) >= 11 is 1.17. The SMILES string of the molecule is CC1(C)C(C#N)=C(SCC(=O)N2CCCCC2)NC(=O)[C@H]1C#N. The lowest BCUT2D eigenvalue weighted by Gasteiger charge is -2.34. The van der Waals surface area contributed by atoms with E-state index in [1.54, 1.807) is 13.8 Å². The quantitative estimate of drug-likeness (QED) is 0.849. The van der Waals surface area contributed by atoms with E-state index in [2.05, 4.69) is 11.4 Å². The monoisotopic (exact) mass is 332 g/mol. The molecule has 0 aromatic heterocycles. The van der Waals surface area contributed by atoms with Gasteiger partial charge in [0.25, 0.3) is 0 Å². The van der Waals surface area contributed by atoms with E-state index in [-0.39, 0.29) is 11.7 Å². The van der Waals surface area contributed by atoms with Gasteiger partial charge >= 0.3 is 0 Å². The molecule has 6 nitrogen and oxygen atoms in total. The van der Waals surface area contributed by atoms with E-state index < -0.39 is 17.2 Å². The van der Waals surface area contributed by atoms with Crippen molar-refractivity contribution in [3.63, 3.8) is 0 Å². The number of hydrogen-bond donors (Lipinski definition) is 1. The van der Waals surface area contributed by atoms with Gasteiger partial charge < -0.3 is 10.2 Å². The molecule has 122 valence electrons. The van der Waals surface area contributed by atoms with Crippen LogP contribution in [-0.2, 0) is 9.59 Å². The molecule has 0 unspecified atom stereocenters. The zero-order valence-corrected chi connectivity index (χ0v) is 14.2. The third kappa shape index (κ3) is 3.51. The summed E-state index contributed by atoms with van der Waals surface area (Å²) in [6.07, 6.45) is 3.20. The smallest absolute Gasteiger partial charge is 0.243 e. The molecule has 1 atom stereocenters. The molecule has 0 saturated carbocycles. The molecule has 0 radical (unpaired) electrons. The molecule has 2 aliphatic rings. The van der Waals surface area contributed by atoms with E-state index in [0.29, 0.717) is 10.6 Å². The van der Waals surface area contributed by atoms with E-state index in [9.17, 15) is 20.1 Å². The number of carbonyl (C=O) groups excluding carboxylic acids is 2. The maximum atomic E-state index is 12.2. The van der Waals surface area contributed by atoms with Crippen molar-refractivity contribution in [1.82, 2.24) is 10.2 Å². The van der Waals surface area contributed by atoms with Crippen molar-refractivity contribution >= 4 is 23.6 Å². The van der Waals surface area contributed by atoms with Crippen LogP contribution in [0.1, 0.15) is 33.1 Å². The fraction of sp³-hybridized carbons (Fsp3) is 0.625. The maximum absolute atomic E-state index is 12.2. The molecule has 0 aromatic rings. The highest BCUT2D eigenvalue weighted by atomic mass is 32.2. The Bertz CT molecular complexity index is 621. The van der Waals surface area contributed by atoms with Gasteiger partial charge in [-0.15, -0.1) is 0 Å². The van der Waals surface area contributed by atoms with Crippen LogP contribution in [0.25, 0.3) is 0 Å². The highest BCUT2D eigenvalue weighted by Crippen LogP contribution is 2.41. The van der Waals surface area contributed by atoms with E-state index in [1.165, 1.54) is 11.8 Å². The summed E-state index contributed by atoms with van der Waals surface area (Å²) in [6.45, 7) is 4.98. The number of piperidine rings is 1. The topological polar surface area (TPSA) is 97.0 Å². The van der Waals surface area contributed by atoms with Crippen molar-refractivity contribution in [3.05, 3.63) is 10.6 Å². The van der Waals surface area contributed by atoms with Crippen LogP contribution in [0.2, 0.25) is 0 Å². The second-order valence-electron chi connectivity index (χ2n) is 6.32. The average Bonchev–Trinajstić information content (AvgIpc) is 2.53. The molecule has 1 fully saturated rings. The summed E-state index contributed by atoms with van der Waals surface area (Å²) in [5, 5.41) is 21.6. The Morgan fingerprint density at radius 3 is 2.57 bits per heavy atom. The predicted octanol–water partition coefficient (Wildman–Crippen LogP) is 1.76. The number of allylic oxidation sites excluding steroid dienone is 1. The molecule has 2 rings (SSSR count). The Hall–Kier alpha value is -1.99. The standard InChI is InChI=1S/C16H20N4O2S/c1-16(2)11(8-17)14(22)19-15(12(16)9-18)23-10-13(21)20-6-4-3-5-7-20/h11H,3-7,10H2,1-2H3,(H,19,22)/t11-/m1/s1. The van der Waals surface area contributed by atoms with E-state index in [0.717, 1.165) is 32.4 Å². The van der Waals surface area contributed by atoms with Crippen LogP contribution < -0.4 is 5.32 Å². The molecular formula is C16H20N4O2S. The Labute approximate surface area is 140 Å². The van der Waals surface area contributed by atoms with Crippen LogP contribution in [0.4, 0.5) is 0 Å². The van der Waals surface area contributed by atoms with Gasteiger partial charge in [0.05, 0.1) is 28.5 Å². The molecule has 0 aromatic carbocycles. The first-order valence-corrected chi connectivity index (χ1v) is 8.66. The molecule has 1 saturated heterocycles. The average molecular weight is 332 g/mol. The van der Waals surface area contributed by atoms with Crippen molar-refractivity contribution in [1.29, 1.82) is 10.5 Å². The third-order valence-corrected chi connectivity index (χ3v) is 5.37. The van der Waals surface area contributed by atoms with Crippen LogP contribution in [0, 0.1) is 34.0 Å². The fourth-order valence-electron chi connectivity index (χ4n) is 2.90. The summed E-state index contributed by atoms with van der Waals surface area (Å²) in [5.74, 6) is -1.11. The molecule has 0 spiro atoms. The lowest BCUT2D eigenvalue weighted by Crippen LogP contribution is -2.45. The van der Waals surface area contributed by atoms with Crippen LogP contribution in [0.5, 0.6) is 0 Å². The van der Waals surface area contributed by atoms with Gasteiger partial charge in [0.2, 0.25) is 11.8 Å². The van der Waals surface area contributed by atoms with Crippen molar-refractivity contribution in [3.8, 4) is 12.1 Å². The van der Waals surface area contributed by atoms with Gasteiger partial charge in [-0.25, -0.2) is 0 Å². The minimum absolute atomic E-state index is 0.0222. The molecule has 2 amide bonds. The number of thioether (sulfide) groups is 1. The van der Waals surface area contributed by atoms with E-state index in [4.69, 9.17) is 0 Å². The van der Waals surface area contributed by atoms with Gasteiger partial charge in [-0.05, 0) is 19.3 Å². The number of carbonyl (C=O) groups is 2. The third-order valence-electron chi connectivity index (χ3n) is 4.38. The Morgan fingerprint density at radius 1 is 1.35 bits per heavy atom. The van der Waals surface area contributed by atoms with Crippen molar-refractivity contribution < 1.29 is 9.59 Å². The molecular weight excluding hydrogens is 312 g/mol. The molecule has 1 N–H and O–H groups in total. The van der Waals surface area contributed by atoms with E-state index in [1.807, 2.05) is 11.0 Å². The van der Waals surface area contributed by atoms with Gasteiger partial charge in [0.15, 0.2) is 0 Å². The number of likely N-dealkylation sites (tertiary alicyclic amines) is 1. The first kappa shape index (κ1) is 17.4. The normalized spacial score (nSPS) is 23.7. The Kier molecular flexibility index (Phi) is 5.33. The predicted molar refractivity (Wildman–Crippen MR) is 86.6 cm³/mol. The number of hydrogen-bond acceptors (Lipinski definition) is 5. The van der Waals surface area contributed by atoms with Gasteiger partial charge in [0, 0.05) is 18.5 Å².